The number of nitrogens with zero attached hydrogens (tertiary/aromatic N) is 1. The lowest BCUT2D eigenvalue weighted by molar-refractivity contribution is 0.116. The molecule has 0 saturated heterocycles. The molecule has 3 heteroatoms. The first-order chi connectivity index (χ1) is 8.08. The van der Waals surface area contributed by atoms with Crippen molar-refractivity contribution < 1.29 is 5.11 Å². The van der Waals surface area contributed by atoms with E-state index < -0.39 is 0 Å². The molecule has 0 unspecified atom stereocenters. The maximum Gasteiger partial charge on any atom is 0.0541 e. The smallest absolute Gasteiger partial charge is 0.0541 e. The van der Waals surface area contributed by atoms with Crippen molar-refractivity contribution >= 4 is 0 Å². The van der Waals surface area contributed by atoms with E-state index in [1.165, 1.54) is 17.0 Å². The summed E-state index contributed by atoms with van der Waals surface area (Å²) in [5.74, 6) is 0. The van der Waals surface area contributed by atoms with Gasteiger partial charge in [-0.15, -0.1) is 0 Å². The van der Waals surface area contributed by atoms with E-state index in [4.69, 9.17) is 0 Å². The molecule has 3 nitrogen and oxygen atoms in total. The van der Waals surface area contributed by atoms with Gasteiger partial charge in [-0.1, -0.05) is 0 Å². The van der Waals surface area contributed by atoms with Crippen molar-refractivity contribution in [1.82, 2.24) is 9.88 Å². The highest BCUT2D eigenvalue weighted by molar-refractivity contribution is 5.26. The number of aliphatic hydroxyl groups excluding tert-OH is 1. The van der Waals surface area contributed by atoms with Crippen molar-refractivity contribution in [2.45, 2.75) is 58.2 Å². The summed E-state index contributed by atoms with van der Waals surface area (Å²) in [5.41, 5.74) is 4.07. The summed E-state index contributed by atoms with van der Waals surface area (Å²) in [4.78, 5) is 0. The lowest BCUT2D eigenvalue weighted by Gasteiger charge is -2.26. The van der Waals surface area contributed by atoms with E-state index in [9.17, 15) is 5.11 Å². The monoisotopic (exact) mass is 236 g/mol. The second-order valence-corrected chi connectivity index (χ2v) is 5.34. The SMILES string of the molecule is Cc1cc(CNC2CCC(O)CC2)c(C)n1C. The molecular weight excluding hydrogens is 212 g/mol. The average molecular weight is 236 g/mol. The van der Waals surface area contributed by atoms with Gasteiger partial charge in [0.1, 0.15) is 0 Å². The molecule has 0 amide bonds. The Balaban J connectivity index is 1.87. The molecule has 96 valence electrons. The summed E-state index contributed by atoms with van der Waals surface area (Å²) in [6.07, 6.45) is 4.04. The van der Waals surface area contributed by atoms with Crippen LogP contribution in [0.5, 0.6) is 0 Å². The number of nitrogens with one attached hydrogen (secondary N) is 1. The Bertz CT molecular complexity index is 376. The fourth-order valence-corrected chi connectivity index (χ4v) is 2.65. The zero-order valence-corrected chi connectivity index (χ0v) is 11.2. The third-order valence-electron chi connectivity index (χ3n) is 4.16. The van der Waals surface area contributed by atoms with Crippen molar-refractivity contribution in [3.05, 3.63) is 23.0 Å². The van der Waals surface area contributed by atoms with Crippen LogP contribution in [0.1, 0.15) is 42.6 Å². The molecule has 0 spiro atoms. The van der Waals surface area contributed by atoms with Crippen molar-refractivity contribution in [3.8, 4) is 0 Å². The van der Waals surface area contributed by atoms with Gasteiger partial charge in [0.05, 0.1) is 6.10 Å². The molecule has 2 N–H and O–H groups in total. The number of rotatable bonds is 3. The van der Waals surface area contributed by atoms with Gasteiger partial charge in [0.15, 0.2) is 0 Å². The molecule has 0 bridgehead atoms. The highest BCUT2D eigenvalue weighted by Crippen LogP contribution is 2.19. The lowest BCUT2D eigenvalue weighted by atomic mass is 9.93. The minimum Gasteiger partial charge on any atom is -0.393 e. The highest BCUT2D eigenvalue weighted by atomic mass is 16.3. The zero-order valence-electron chi connectivity index (χ0n) is 11.2. The Morgan fingerprint density at radius 3 is 2.47 bits per heavy atom. The first-order valence-corrected chi connectivity index (χ1v) is 6.61. The summed E-state index contributed by atoms with van der Waals surface area (Å²) in [7, 11) is 2.12. The molecule has 0 radical (unpaired) electrons. The van der Waals surface area contributed by atoms with E-state index in [0.29, 0.717) is 6.04 Å². The Kier molecular flexibility index (Phi) is 3.89. The van der Waals surface area contributed by atoms with E-state index in [-0.39, 0.29) is 6.10 Å². The van der Waals surface area contributed by atoms with E-state index >= 15 is 0 Å². The standard InChI is InChI=1S/C14H24N2O/c1-10-8-12(11(2)16(10)3)9-15-13-4-6-14(17)7-5-13/h8,13-15,17H,4-7,9H2,1-3H3. The minimum absolute atomic E-state index is 0.0613. The normalized spacial score (nSPS) is 25.2. The largest absolute Gasteiger partial charge is 0.393 e. The topological polar surface area (TPSA) is 37.2 Å². The molecule has 2 rings (SSSR count). The summed E-state index contributed by atoms with van der Waals surface area (Å²) in [6.45, 7) is 5.27. The van der Waals surface area contributed by atoms with Crippen LogP contribution in [0, 0.1) is 13.8 Å². The first-order valence-electron chi connectivity index (χ1n) is 6.61. The molecular formula is C14H24N2O. The maximum atomic E-state index is 9.46. The van der Waals surface area contributed by atoms with Crippen LogP contribution in [-0.2, 0) is 13.6 Å². The molecule has 1 aromatic heterocycles. The van der Waals surface area contributed by atoms with Crippen LogP contribution in [-0.4, -0.2) is 21.8 Å². The summed E-state index contributed by atoms with van der Waals surface area (Å²) >= 11 is 0. The van der Waals surface area contributed by atoms with Gasteiger partial charge in [-0.2, -0.15) is 0 Å². The Hall–Kier alpha value is -0.800. The second kappa shape index (κ2) is 5.23. The summed E-state index contributed by atoms with van der Waals surface area (Å²) in [6, 6.07) is 2.85. The second-order valence-electron chi connectivity index (χ2n) is 5.34. The Morgan fingerprint density at radius 2 is 1.94 bits per heavy atom. The van der Waals surface area contributed by atoms with Gasteiger partial charge < -0.3 is 15.0 Å². The van der Waals surface area contributed by atoms with Crippen molar-refractivity contribution in [3.63, 3.8) is 0 Å². The number of aromatic nitrogens is 1. The molecule has 1 fully saturated rings. The fourth-order valence-electron chi connectivity index (χ4n) is 2.65. The van der Waals surface area contributed by atoms with Crippen LogP contribution in [0.15, 0.2) is 6.07 Å². The van der Waals surface area contributed by atoms with Crippen LogP contribution in [0.25, 0.3) is 0 Å². The van der Waals surface area contributed by atoms with Gasteiger partial charge in [-0.3, -0.25) is 0 Å². The molecule has 0 aliphatic heterocycles. The van der Waals surface area contributed by atoms with Gasteiger partial charge in [0.2, 0.25) is 0 Å². The first kappa shape index (κ1) is 12.7. The number of hydrogen-bond acceptors (Lipinski definition) is 2. The van der Waals surface area contributed by atoms with Crippen molar-refractivity contribution in [1.29, 1.82) is 0 Å². The van der Waals surface area contributed by atoms with Crippen LogP contribution in [0.3, 0.4) is 0 Å². The van der Waals surface area contributed by atoms with Crippen molar-refractivity contribution in [2.24, 2.45) is 7.05 Å². The molecule has 1 aromatic rings. The van der Waals surface area contributed by atoms with Crippen LogP contribution >= 0.6 is 0 Å². The molecule has 1 heterocycles. The number of hydrogen-bond donors (Lipinski definition) is 2. The molecule has 1 saturated carbocycles. The zero-order chi connectivity index (χ0) is 12.4. The van der Waals surface area contributed by atoms with Gasteiger partial charge in [-0.25, -0.2) is 0 Å². The van der Waals surface area contributed by atoms with E-state index in [1.807, 2.05) is 0 Å². The van der Waals surface area contributed by atoms with Crippen molar-refractivity contribution in [2.75, 3.05) is 0 Å². The van der Waals surface area contributed by atoms with Crippen LogP contribution in [0.2, 0.25) is 0 Å². The average Bonchev–Trinajstić information content (AvgIpc) is 2.56. The van der Waals surface area contributed by atoms with E-state index in [1.54, 1.807) is 0 Å². The lowest BCUT2D eigenvalue weighted by Crippen LogP contribution is -2.34. The number of aryl methyl sites for hydroxylation is 1. The van der Waals surface area contributed by atoms with Gasteiger partial charge in [0.25, 0.3) is 0 Å². The summed E-state index contributed by atoms with van der Waals surface area (Å²) < 4.78 is 2.24. The predicted molar refractivity (Wildman–Crippen MR) is 70.0 cm³/mol. The fraction of sp³-hybridized carbons (Fsp3) is 0.714. The molecule has 17 heavy (non-hydrogen) atoms. The summed E-state index contributed by atoms with van der Waals surface area (Å²) in [5, 5.41) is 13.1. The third kappa shape index (κ3) is 2.90. The van der Waals surface area contributed by atoms with Gasteiger partial charge in [0, 0.05) is 31.0 Å². The molecule has 0 aromatic carbocycles. The van der Waals surface area contributed by atoms with Gasteiger partial charge in [-0.05, 0) is 51.2 Å². The predicted octanol–water partition coefficient (Wildman–Crippen LogP) is 2.04. The maximum absolute atomic E-state index is 9.46. The molecule has 1 aliphatic carbocycles. The van der Waals surface area contributed by atoms with Gasteiger partial charge >= 0.3 is 0 Å². The molecule has 0 atom stereocenters. The van der Waals surface area contributed by atoms with E-state index in [0.717, 1.165) is 32.2 Å². The highest BCUT2D eigenvalue weighted by Gasteiger charge is 2.19. The minimum atomic E-state index is -0.0613. The van der Waals surface area contributed by atoms with E-state index in [2.05, 4.69) is 36.8 Å². The Labute approximate surface area is 104 Å². The quantitative estimate of drug-likeness (QED) is 0.842. The molecule has 1 aliphatic rings. The Morgan fingerprint density at radius 1 is 1.29 bits per heavy atom. The van der Waals surface area contributed by atoms with Crippen LogP contribution < -0.4 is 5.32 Å². The third-order valence-corrected chi connectivity index (χ3v) is 4.16. The van der Waals surface area contributed by atoms with Crippen LogP contribution in [0.4, 0.5) is 0 Å². The number of aliphatic hydroxyl groups is 1.